The SMILES string of the molecule is CN(C)C1CCCN(S(=O)(=O)CC(N)=S)C1. The van der Waals surface area contributed by atoms with Gasteiger partial charge in [-0.05, 0) is 26.9 Å². The fraction of sp³-hybridized carbons (Fsp3) is 0.889. The van der Waals surface area contributed by atoms with Gasteiger partial charge in [-0.25, -0.2) is 8.42 Å². The van der Waals surface area contributed by atoms with Crippen molar-refractivity contribution in [1.82, 2.24) is 9.21 Å². The number of piperidine rings is 1. The number of sulfonamides is 1. The van der Waals surface area contributed by atoms with Gasteiger partial charge in [-0.3, -0.25) is 0 Å². The van der Waals surface area contributed by atoms with Crippen molar-refractivity contribution in [3.05, 3.63) is 0 Å². The maximum atomic E-state index is 11.9. The van der Waals surface area contributed by atoms with Gasteiger partial charge < -0.3 is 10.6 Å². The molecule has 2 N–H and O–H groups in total. The molecule has 0 aromatic rings. The Kier molecular flexibility index (Phi) is 4.66. The van der Waals surface area contributed by atoms with Crippen LogP contribution in [-0.4, -0.2) is 61.6 Å². The van der Waals surface area contributed by atoms with Gasteiger partial charge in [0.1, 0.15) is 5.75 Å². The standard InChI is InChI=1S/C9H19N3O2S2/c1-11(2)8-4-3-5-12(6-8)16(13,14)7-9(10)15/h8H,3-7H2,1-2H3,(H2,10,15). The molecule has 0 radical (unpaired) electrons. The number of rotatable bonds is 4. The molecule has 0 aromatic carbocycles. The molecule has 0 aromatic heterocycles. The van der Waals surface area contributed by atoms with E-state index in [0.717, 1.165) is 12.8 Å². The second-order valence-electron chi connectivity index (χ2n) is 4.34. The Morgan fingerprint density at radius 2 is 2.19 bits per heavy atom. The van der Waals surface area contributed by atoms with Crippen molar-refractivity contribution in [3.63, 3.8) is 0 Å². The summed E-state index contributed by atoms with van der Waals surface area (Å²) in [6, 6.07) is 0.287. The summed E-state index contributed by atoms with van der Waals surface area (Å²) in [5.74, 6) is -0.220. The van der Waals surface area contributed by atoms with Crippen molar-refractivity contribution in [3.8, 4) is 0 Å². The average Bonchev–Trinajstić information content (AvgIpc) is 2.16. The van der Waals surface area contributed by atoms with Crippen molar-refractivity contribution in [2.75, 3.05) is 32.9 Å². The summed E-state index contributed by atoms with van der Waals surface area (Å²) in [4.78, 5) is 2.09. The molecule has 94 valence electrons. The molecule has 5 nitrogen and oxygen atoms in total. The minimum absolute atomic E-state index is 0.0342. The van der Waals surface area contributed by atoms with E-state index in [1.54, 1.807) is 0 Å². The van der Waals surface area contributed by atoms with Gasteiger partial charge in [0.15, 0.2) is 0 Å². The van der Waals surface area contributed by atoms with Crippen LogP contribution >= 0.6 is 12.2 Å². The van der Waals surface area contributed by atoms with Gasteiger partial charge in [-0.2, -0.15) is 4.31 Å². The van der Waals surface area contributed by atoms with Crippen molar-refractivity contribution >= 4 is 27.2 Å². The highest BCUT2D eigenvalue weighted by atomic mass is 32.2. The molecule has 1 atom stereocenters. The molecule has 1 unspecified atom stereocenters. The van der Waals surface area contributed by atoms with E-state index in [2.05, 4.69) is 17.1 Å². The second kappa shape index (κ2) is 5.39. The number of likely N-dealkylation sites (N-methyl/N-ethyl adjacent to an activating group) is 1. The Hall–Kier alpha value is -0.240. The summed E-state index contributed by atoms with van der Waals surface area (Å²) in [7, 11) is 0.625. The molecule has 16 heavy (non-hydrogen) atoms. The van der Waals surface area contributed by atoms with Crippen LogP contribution in [0, 0.1) is 0 Å². The lowest BCUT2D eigenvalue weighted by atomic mass is 10.1. The molecule has 1 heterocycles. The molecule has 0 bridgehead atoms. The van der Waals surface area contributed by atoms with Crippen molar-refractivity contribution < 1.29 is 8.42 Å². The second-order valence-corrected chi connectivity index (χ2v) is 6.83. The molecule has 1 aliphatic heterocycles. The summed E-state index contributed by atoms with van der Waals surface area (Å²) in [6.07, 6.45) is 1.92. The maximum absolute atomic E-state index is 11.9. The Morgan fingerprint density at radius 3 is 2.69 bits per heavy atom. The van der Waals surface area contributed by atoms with Crippen molar-refractivity contribution in [2.24, 2.45) is 5.73 Å². The Morgan fingerprint density at radius 1 is 1.56 bits per heavy atom. The van der Waals surface area contributed by atoms with Crippen LogP contribution in [-0.2, 0) is 10.0 Å². The van der Waals surface area contributed by atoms with E-state index in [1.165, 1.54) is 4.31 Å². The first-order valence-electron chi connectivity index (χ1n) is 5.25. The molecule has 0 amide bonds. The highest BCUT2D eigenvalue weighted by molar-refractivity contribution is 7.92. The molecule has 1 rings (SSSR count). The summed E-state index contributed by atoms with van der Waals surface area (Å²) in [6.45, 7) is 1.12. The molecule has 0 spiro atoms. The van der Waals surface area contributed by atoms with E-state index in [0.29, 0.717) is 13.1 Å². The summed E-state index contributed by atoms with van der Waals surface area (Å²) >= 11 is 4.66. The quantitative estimate of drug-likeness (QED) is 0.703. The van der Waals surface area contributed by atoms with Crippen LogP contribution in [0.1, 0.15) is 12.8 Å². The predicted octanol–water partition coefficient (Wildman–Crippen LogP) is -0.372. The molecule has 1 saturated heterocycles. The number of hydrogen-bond donors (Lipinski definition) is 1. The zero-order valence-electron chi connectivity index (χ0n) is 9.72. The van der Waals surface area contributed by atoms with Gasteiger partial charge in [0, 0.05) is 19.1 Å². The molecule has 1 fully saturated rings. The first-order valence-corrected chi connectivity index (χ1v) is 7.27. The topological polar surface area (TPSA) is 66.6 Å². The molecular formula is C9H19N3O2S2. The Labute approximate surface area is 103 Å². The highest BCUT2D eigenvalue weighted by Gasteiger charge is 2.29. The van der Waals surface area contributed by atoms with E-state index < -0.39 is 10.0 Å². The van der Waals surface area contributed by atoms with Gasteiger partial charge in [0.05, 0.1) is 4.99 Å². The summed E-state index contributed by atoms with van der Waals surface area (Å²) in [5, 5.41) is 0. The minimum Gasteiger partial charge on any atom is -0.392 e. The number of nitrogens with two attached hydrogens (primary N) is 1. The minimum atomic E-state index is -3.31. The van der Waals surface area contributed by atoms with E-state index >= 15 is 0 Å². The largest absolute Gasteiger partial charge is 0.392 e. The normalized spacial score (nSPS) is 23.6. The van der Waals surface area contributed by atoms with Crippen LogP contribution in [0.3, 0.4) is 0 Å². The van der Waals surface area contributed by atoms with Gasteiger partial charge in [0.25, 0.3) is 0 Å². The lowest BCUT2D eigenvalue weighted by Gasteiger charge is -2.35. The van der Waals surface area contributed by atoms with Gasteiger partial charge in [-0.15, -0.1) is 0 Å². The Bertz CT molecular complexity index is 354. The third kappa shape index (κ3) is 3.65. The van der Waals surface area contributed by atoms with Crippen molar-refractivity contribution in [1.29, 1.82) is 0 Å². The third-order valence-electron chi connectivity index (χ3n) is 2.81. The molecule has 1 aliphatic rings. The first-order chi connectivity index (χ1) is 7.33. The fourth-order valence-electron chi connectivity index (χ4n) is 1.87. The molecule has 0 aliphatic carbocycles. The number of hydrogen-bond acceptors (Lipinski definition) is 4. The van der Waals surface area contributed by atoms with E-state index in [9.17, 15) is 8.42 Å². The van der Waals surface area contributed by atoms with E-state index in [4.69, 9.17) is 5.73 Å². The zero-order chi connectivity index (χ0) is 12.3. The smallest absolute Gasteiger partial charge is 0.220 e. The van der Waals surface area contributed by atoms with Crippen LogP contribution in [0.15, 0.2) is 0 Å². The summed E-state index contributed by atoms with van der Waals surface area (Å²) < 4.78 is 25.3. The monoisotopic (exact) mass is 265 g/mol. The summed E-state index contributed by atoms with van der Waals surface area (Å²) in [5.41, 5.74) is 5.29. The maximum Gasteiger partial charge on any atom is 0.220 e. The lowest BCUT2D eigenvalue weighted by Crippen LogP contribution is -2.49. The van der Waals surface area contributed by atoms with Crippen LogP contribution in [0.4, 0.5) is 0 Å². The van der Waals surface area contributed by atoms with Crippen LogP contribution < -0.4 is 5.73 Å². The number of thiocarbonyl (C=S) groups is 1. The van der Waals surface area contributed by atoms with Gasteiger partial charge in [0.2, 0.25) is 10.0 Å². The molecular weight excluding hydrogens is 246 g/mol. The predicted molar refractivity (Wildman–Crippen MR) is 68.9 cm³/mol. The molecule has 0 saturated carbocycles. The van der Waals surface area contributed by atoms with E-state index in [1.807, 2.05) is 14.1 Å². The van der Waals surface area contributed by atoms with Gasteiger partial charge in [-0.1, -0.05) is 12.2 Å². The van der Waals surface area contributed by atoms with Gasteiger partial charge >= 0.3 is 0 Å². The zero-order valence-corrected chi connectivity index (χ0v) is 11.4. The third-order valence-corrected chi connectivity index (χ3v) is 4.93. The fourth-order valence-corrected chi connectivity index (χ4v) is 3.66. The van der Waals surface area contributed by atoms with Crippen LogP contribution in [0.2, 0.25) is 0 Å². The first kappa shape index (κ1) is 13.8. The lowest BCUT2D eigenvalue weighted by molar-refractivity contribution is 0.190. The average molecular weight is 265 g/mol. The van der Waals surface area contributed by atoms with Crippen LogP contribution in [0.5, 0.6) is 0 Å². The molecule has 7 heteroatoms. The Balaban J connectivity index is 2.70. The number of nitrogens with zero attached hydrogens (tertiary/aromatic N) is 2. The van der Waals surface area contributed by atoms with E-state index in [-0.39, 0.29) is 16.8 Å². The highest BCUT2D eigenvalue weighted by Crippen LogP contribution is 2.17. The van der Waals surface area contributed by atoms with Crippen LogP contribution in [0.25, 0.3) is 0 Å². The van der Waals surface area contributed by atoms with Crippen molar-refractivity contribution in [2.45, 2.75) is 18.9 Å².